The van der Waals surface area contributed by atoms with Gasteiger partial charge < -0.3 is 25.8 Å². The molecule has 3 aromatic rings. The molecule has 0 bridgehead atoms. The van der Waals surface area contributed by atoms with E-state index in [2.05, 4.69) is 15.2 Å². The number of alkyl halides is 2. The largest absolute Gasteiger partial charge is 0.388 e. The number of halogens is 2. The van der Waals surface area contributed by atoms with Gasteiger partial charge in [0, 0.05) is 48.6 Å². The minimum atomic E-state index is -3.14. The Morgan fingerprint density at radius 1 is 1.25 bits per heavy atom. The number of fused-ring (bicyclic) bond motifs is 3. The number of anilines is 2. The van der Waals surface area contributed by atoms with Crippen LogP contribution in [0.1, 0.15) is 46.6 Å². The Bertz CT molecular complexity index is 1330. The molecule has 0 spiro atoms. The van der Waals surface area contributed by atoms with Gasteiger partial charge in [0.1, 0.15) is 11.4 Å². The monoisotopic (exact) mass is 494 g/mol. The molecule has 7 nitrogen and oxygen atoms in total. The van der Waals surface area contributed by atoms with E-state index in [1.54, 1.807) is 6.07 Å². The lowest BCUT2D eigenvalue weighted by atomic mass is 9.86. The predicted octanol–water partition coefficient (Wildman–Crippen LogP) is 4.35. The van der Waals surface area contributed by atoms with Crippen LogP contribution in [0.25, 0.3) is 11.1 Å². The Kier molecular flexibility index (Phi) is 6.02. The lowest BCUT2D eigenvalue weighted by molar-refractivity contribution is 0.0127. The number of hydrogen-bond acceptors (Lipinski definition) is 6. The molecule has 1 aromatic heterocycles. The first-order valence-electron chi connectivity index (χ1n) is 11.8. The van der Waals surface area contributed by atoms with Gasteiger partial charge in [0.05, 0.1) is 19.3 Å². The number of nitrogens with one attached hydrogen (secondary N) is 1. The SMILES string of the molecule is Cc1ccc(NC(=O)c2ccnc(C(C)(F)F)c2)cc1-c1ccc2c(c1)N1CCOCC1(N)CC2O. The van der Waals surface area contributed by atoms with E-state index >= 15 is 0 Å². The molecule has 2 atom stereocenters. The van der Waals surface area contributed by atoms with E-state index in [-0.39, 0.29) is 5.56 Å². The molecule has 9 heteroatoms. The maximum Gasteiger partial charge on any atom is 0.286 e. The van der Waals surface area contributed by atoms with E-state index < -0.39 is 29.3 Å². The zero-order chi connectivity index (χ0) is 25.7. The summed E-state index contributed by atoms with van der Waals surface area (Å²) in [5.74, 6) is -3.65. The van der Waals surface area contributed by atoms with Crippen LogP contribution < -0.4 is 16.0 Å². The number of aliphatic hydroxyl groups excluding tert-OH is 1. The molecule has 2 aromatic carbocycles. The van der Waals surface area contributed by atoms with Gasteiger partial charge >= 0.3 is 0 Å². The number of ether oxygens (including phenoxy) is 1. The van der Waals surface area contributed by atoms with Crippen molar-refractivity contribution in [1.82, 2.24) is 4.98 Å². The van der Waals surface area contributed by atoms with E-state index in [1.165, 1.54) is 12.3 Å². The highest BCUT2D eigenvalue weighted by atomic mass is 19.3. The molecule has 0 radical (unpaired) electrons. The fraction of sp³-hybridized carbons (Fsp3) is 0.333. The van der Waals surface area contributed by atoms with E-state index in [0.717, 1.165) is 40.9 Å². The van der Waals surface area contributed by atoms with Crippen LogP contribution in [0.4, 0.5) is 20.2 Å². The van der Waals surface area contributed by atoms with Gasteiger partial charge in [0.15, 0.2) is 0 Å². The first kappa shape index (κ1) is 24.3. The van der Waals surface area contributed by atoms with Crippen LogP contribution in [0.3, 0.4) is 0 Å². The van der Waals surface area contributed by atoms with Crippen LogP contribution >= 0.6 is 0 Å². The number of carbonyl (C=O) groups is 1. The molecule has 2 aliphatic rings. The molecule has 2 aliphatic heterocycles. The van der Waals surface area contributed by atoms with E-state index in [9.17, 15) is 18.7 Å². The quantitative estimate of drug-likeness (QED) is 0.499. The van der Waals surface area contributed by atoms with Gasteiger partial charge in [-0.1, -0.05) is 18.2 Å². The van der Waals surface area contributed by atoms with Crippen molar-refractivity contribution in [1.29, 1.82) is 0 Å². The fourth-order valence-corrected chi connectivity index (χ4v) is 4.93. The fourth-order valence-electron chi connectivity index (χ4n) is 4.93. The summed E-state index contributed by atoms with van der Waals surface area (Å²) in [7, 11) is 0. The van der Waals surface area contributed by atoms with Crippen molar-refractivity contribution < 1.29 is 23.4 Å². The van der Waals surface area contributed by atoms with E-state index in [1.807, 2.05) is 37.3 Å². The highest BCUT2D eigenvalue weighted by Gasteiger charge is 2.43. The molecule has 188 valence electrons. The minimum Gasteiger partial charge on any atom is -0.388 e. The Balaban J connectivity index is 1.46. The number of nitrogens with zero attached hydrogens (tertiary/aromatic N) is 2. The van der Waals surface area contributed by atoms with Gasteiger partial charge in [-0.25, -0.2) is 0 Å². The molecule has 1 fully saturated rings. The first-order valence-corrected chi connectivity index (χ1v) is 11.8. The van der Waals surface area contributed by atoms with Gasteiger partial charge in [-0.15, -0.1) is 0 Å². The lowest BCUT2D eigenvalue weighted by Crippen LogP contribution is -2.65. The normalized spacial score (nSPS) is 21.5. The number of pyridine rings is 1. The molecule has 2 unspecified atom stereocenters. The molecule has 3 heterocycles. The molecule has 0 saturated carbocycles. The Hall–Kier alpha value is -3.40. The van der Waals surface area contributed by atoms with Gasteiger partial charge in [-0.2, -0.15) is 8.78 Å². The maximum atomic E-state index is 13.7. The average molecular weight is 495 g/mol. The summed E-state index contributed by atoms with van der Waals surface area (Å²) in [6, 6.07) is 13.9. The van der Waals surface area contributed by atoms with Crippen LogP contribution in [0.15, 0.2) is 54.7 Å². The third kappa shape index (κ3) is 4.45. The number of carbonyl (C=O) groups excluding carboxylic acids is 1. The zero-order valence-corrected chi connectivity index (χ0v) is 20.1. The van der Waals surface area contributed by atoms with Crippen molar-refractivity contribution in [3.63, 3.8) is 0 Å². The highest BCUT2D eigenvalue weighted by Crippen LogP contribution is 2.43. The number of amides is 1. The van der Waals surface area contributed by atoms with Gasteiger partial charge in [0.2, 0.25) is 0 Å². The number of hydrogen-bond donors (Lipinski definition) is 3. The number of rotatable bonds is 4. The van der Waals surface area contributed by atoms with Gasteiger partial charge in [-0.05, 0) is 53.9 Å². The van der Waals surface area contributed by atoms with Gasteiger partial charge in [-0.3, -0.25) is 9.78 Å². The van der Waals surface area contributed by atoms with Crippen LogP contribution in [0, 0.1) is 6.92 Å². The minimum absolute atomic E-state index is 0.0954. The first-order chi connectivity index (χ1) is 17.0. The summed E-state index contributed by atoms with van der Waals surface area (Å²) >= 11 is 0. The second-order valence-electron chi connectivity index (χ2n) is 9.60. The van der Waals surface area contributed by atoms with E-state index in [0.29, 0.717) is 31.9 Å². The molecule has 4 N–H and O–H groups in total. The molecule has 36 heavy (non-hydrogen) atoms. The van der Waals surface area contributed by atoms with Gasteiger partial charge in [0.25, 0.3) is 11.8 Å². The zero-order valence-electron chi connectivity index (χ0n) is 20.1. The molecule has 5 rings (SSSR count). The summed E-state index contributed by atoms with van der Waals surface area (Å²) < 4.78 is 32.9. The van der Waals surface area contributed by atoms with Crippen molar-refractivity contribution in [2.45, 2.75) is 38.0 Å². The van der Waals surface area contributed by atoms with Crippen LogP contribution in [0.2, 0.25) is 0 Å². The van der Waals surface area contributed by atoms with Crippen LogP contribution in [-0.2, 0) is 10.7 Å². The lowest BCUT2D eigenvalue weighted by Gasteiger charge is -2.50. The Morgan fingerprint density at radius 2 is 2.06 bits per heavy atom. The number of nitrogens with two attached hydrogens (primary N) is 1. The topological polar surface area (TPSA) is 101 Å². The second kappa shape index (κ2) is 8.92. The number of aliphatic hydroxyl groups is 1. The number of aryl methyl sites for hydroxylation is 1. The van der Waals surface area contributed by atoms with Crippen LogP contribution in [-0.4, -0.2) is 41.4 Å². The van der Waals surface area contributed by atoms with Crippen molar-refractivity contribution in [2.75, 3.05) is 30.0 Å². The third-order valence-electron chi connectivity index (χ3n) is 6.85. The Labute approximate surface area is 207 Å². The standard InChI is InChI=1S/C27H28F2N4O3/c1-16-3-5-19(32-25(35)18-7-8-31-24(12-18)26(2,28)29)13-21(16)17-4-6-20-22(11-17)33-9-10-36-15-27(33,30)14-23(20)34/h3-8,11-13,23,34H,9-10,14-15,30H2,1-2H3,(H,32,35). The third-order valence-corrected chi connectivity index (χ3v) is 6.85. The number of aromatic nitrogens is 1. The van der Waals surface area contributed by atoms with Crippen molar-refractivity contribution in [3.8, 4) is 11.1 Å². The molecule has 1 amide bonds. The molecule has 0 aliphatic carbocycles. The summed E-state index contributed by atoms with van der Waals surface area (Å²) in [6.07, 6.45) is 0.900. The molecule has 1 saturated heterocycles. The van der Waals surface area contributed by atoms with Crippen LogP contribution in [0.5, 0.6) is 0 Å². The second-order valence-corrected chi connectivity index (χ2v) is 9.60. The number of morpholine rings is 1. The highest BCUT2D eigenvalue weighted by molar-refractivity contribution is 6.04. The smallest absolute Gasteiger partial charge is 0.286 e. The summed E-state index contributed by atoms with van der Waals surface area (Å²) in [5.41, 5.74) is 10.5. The summed E-state index contributed by atoms with van der Waals surface area (Å²) in [5, 5.41) is 13.5. The maximum absolute atomic E-state index is 13.7. The summed E-state index contributed by atoms with van der Waals surface area (Å²) in [6.45, 7) is 4.23. The Morgan fingerprint density at radius 3 is 2.83 bits per heavy atom. The van der Waals surface area contributed by atoms with Crippen molar-refractivity contribution >= 4 is 17.3 Å². The molecular formula is C27H28F2N4O3. The van der Waals surface area contributed by atoms with Crippen molar-refractivity contribution in [2.24, 2.45) is 5.73 Å². The number of benzene rings is 2. The summed E-state index contributed by atoms with van der Waals surface area (Å²) in [4.78, 5) is 18.6. The van der Waals surface area contributed by atoms with E-state index in [4.69, 9.17) is 10.5 Å². The average Bonchev–Trinajstić information content (AvgIpc) is 2.84. The molecular weight excluding hydrogens is 466 g/mol. The predicted molar refractivity (Wildman–Crippen MR) is 133 cm³/mol. The van der Waals surface area contributed by atoms with Crippen molar-refractivity contribution in [3.05, 3.63) is 77.1 Å².